The third-order valence-corrected chi connectivity index (χ3v) is 5.52. The monoisotopic (exact) mass is 247 g/mol. The average molecular weight is 247 g/mol. The highest BCUT2D eigenvalue weighted by atomic mass is 14.8. The summed E-state index contributed by atoms with van der Waals surface area (Å²) in [4.78, 5) is 5.20. The fourth-order valence-electron chi connectivity index (χ4n) is 3.82. The van der Waals surface area contributed by atoms with Gasteiger partial charge in [0.25, 0.3) is 0 Å². The van der Waals surface area contributed by atoms with E-state index < -0.39 is 0 Å². The highest BCUT2D eigenvalue weighted by Gasteiger charge is 2.41. The van der Waals surface area contributed by atoms with E-state index in [1.807, 2.05) is 0 Å². The molecule has 0 aromatic heterocycles. The topological polar surface area (TPSA) is 12.4 Å². The molecule has 1 fully saturated rings. The number of allylic oxidation sites excluding steroid dienone is 1. The number of rotatable bonds is 3. The largest absolute Gasteiger partial charge is 0.290 e. The molecule has 0 spiro atoms. The molecular weight excluding hydrogens is 218 g/mol. The van der Waals surface area contributed by atoms with Crippen LogP contribution in [0.3, 0.4) is 0 Å². The minimum Gasteiger partial charge on any atom is -0.290 e. The highest BCUT2D eigenvalue weighted by molar-refractivity contribution is 5.94. The van der Waals surface area contributed by atoms with Gasteiger partial charge in [-0.3, -0.25) is 4.99 Å². The van der Waals surface area contributed by atoms with Gasteiger partial charge in [0.05, 0.1) is 6.04 Å². The van der Waals surface area contributed by atoms with Crippen LogP contribution in [-0.2, 0) is 0 Å². The first-order valence-corrected chi connectivity index (χ1v) is 7.80. The molecule has 4 unspecified atom stereocenters. The van der Waals surface area contributed by atoms with Gasteiger partial charge in [0.15, 0.2) is 0 Å². The third kappa shape index (κ3) is 2.17. The number of hydrogen-bond donors (Lipinski definition) is 0. The van der Waals surface area contributed by atoms with Crippen LogP contribution in [0.1, 0.15) is 66.2 Å². The van der Waals surface area contributed by atoms with E-state index in [4.69, 9.17) is 4.99 Å². The van der Waals surface area contributed by atoms with Crippen molar-refractivity contribution in [1.82, 2.24) is 0 Å². The second kappa shape index (κ2) is 5.19. The van der Waals surface area contributed by atoms with Crippen molar-refractivity contribution in [3.63, 3.8) is 0 Å². The Morgan fingerprint density at radius 3 is 2.72 bits per heavy atom. The Morgan fingerprint density at radius 1 is 1.39 bits per heavy atom. The Bertz CT molecular complexity index is 355. The number of nitrogens with zero attached hydrogens (tertiary/aromatic N) is 1. The summed E-state index contributed by atoms with van der Waals surface area (Å²) in [5, 5.41) is 0. The van der Waals surface area contributed by atoms with Crippen LogP contribution < -0.4 is 0 Å². The SMILES string of the molecule is C=C1C2CCCC(C2)N=C(C(C)CC)C1(C)CC. The first-order chi connectivity index (χ1) is 8.52. The van der Waals surface area contributed by atoms with E-state index >= 15 is 0 Å². The van der Waals surface area contributed by atoms with E-state index in [2.05, 4.69) is 34.3 Å². The summed E-state index contributed by atoms with van der Waals surface area (Å²) in [5.74, 6) is 1.32. The molecule has 0 amide bonds. The maximum atomic E-state index is 5.20. The van der Waals surface area contributed by atoms with E-state index in [0.29, 0.717) is 12.0 Å². The van der Waals surface area contributed by atoms with Crippen molar-refractivity contribution in [1.29, 1.82) is 0 Å². The lowest BCUT2D eigenvalue weighted by Crippen LogP contribution is -2.34. The Balaban J connectivity index is 2.44. The van der Waals surface area contributed by atoms with Gasteiger partial charge >= 0.3 is 0 Å². The molecule has 0 saturated heterocycles. The molecule has 2 bridgehead atoms. The minimum absolute atomic E-state index is 0.152. The molecule has 18 heavy (non-hydrogen) atoms. The summed E-state index contributed by atoms with van der Waals surface area (Å²) in [6.45, 7) is 13.8. The van der Waals surface area contributed by atoms with E-state index in [-0.39, 0.29) is 5.41 Å². The Hall–Kier alpha value is -0.590. The van der Waals surface area contributed by atoms with Crippen molar-refractivity contribution < 1.29 is 0 Å². The zero-order chi connectivity index (χ0) is 13.3. The maximum absolute atomic E-state index is 5.20. The van der Waals surface area contributed by atoms with Crippen molar-refractivity contribution in [3.8, 4) is 0 Å². The second-order valence-corrected chi connectivity index (χ2v) is 6.55. The predicted molar refractivity (Wildman–Crippen MR) is 80.2 cm³/mol. The van der Waals surface area contributed by atoms with Gasteiger partial charge in [0.1, 0.15) is 0 Å². The fourth-order valence-corrected chi connectivity index (χ4v) is 3.82. The average Bonchev–Trinajstić information content (AvgIpc) is 2.48. The van der Waals surface area contributed by atoms with Crippen molar-refractivity contribution in [3.05, 3.63) is 12.2 Å². The van der Waals surface area contributed by atoms with E-state index in [9.17, 15) is 0 Å². The Kier molecular flexibility index (Phi) is 3.99. The molecule has 1 heteroatoms. The van der Waals surface area contributed by atoms with Crippen molar-refractivity contribution in [2.24, 2.45) is 22.2 Å². The van der Waals surface area contributed by atoms with Crippen LogP contribution in [0.4, 0.5) is 0 Å². The summed E-state index contributed by atoms with van der Waals surface area (Å²) < 4.78 is 0. The summed E-state index contributed by atoms with van der Waals surface area (Å²) in [6.07, 6.45) is 7.58. The quantitative estimate of drug-likeness (QED) is 0.621. The molecule has 0 radical (unpaired) electrons. The molecule has 102 valence electrons. The molecule has 0 N–H and O–H groups in total. The molecular formula is C17H29N. The Labute approximate surface area is 113 Å². The Morgan fingerprint density at radius 2 is 2.11 bits per heavy atom. The van der Waals surface area contributed by atoms with Gasteiger partial charge in [-0.1, -0.05) is 46.3 Å². The molecule has 1 heterocycles. The summed E-state index contributed by atoms with van der Waals surface area (Å²) >= 11 is 0. The second-order valence-electron chi connectivity index (χ2n) is 6.55. The van der Waals surface area contributed by atoms with Gasteiger partial charge in [-0.25, -0.2) is 0 Å². The van der Waals surface area contributed by atoms with Gasteiger partial charge in [-0.05, 0) is 43.9 Å². The minimum atomic E-state index is 0.152. The van der Waals surface area contributed by atoms with Gasteiger partial charge in [0, 0.05) is 11.1 Å². The van der Waals surface area contributed by atoms with Crippen LogP contribution in [0.25, 0.3) is 0 Å². The van der Waals surface area contributed by atoms with Crippen LogP contribution in [-0.4, -0.2) is 11.8 Å². The molecule has 2 rings (SSSR count). The van der Waals surface area contributed by atoms with Crippen LogP contribution in [0.5, 0.6) is 0 Å². The lowest BCUT2D eigenvalue weighted by molar-refractivity contribution is 0.340. The zero-order valence-corrected chi connectivity index (χ0v) is 12.6. The maximum Gasteiger partial charge on any atom is 0.0505 e. The van der Waals surface area contributed by atoms with Gasteiger partial charge < -0.3 is 0 Å². The summed E-state index contributed by atoms with van der Waals surface area (Å²) in [5.41, 5.74) is 3.08. The highest BCUT2D eigenvalue weighted by Crippen LogP contribution is 2.47. The van der Waals surface area contributed by atoms with Crippen molar-refractivity contribution >= 4 is 5.71 Å². The van der Waals surface area contributed by atoms with Crippen LogP contribution in [0.2, 0.25) is 0 Å². The molecule has 1 nitrogen and oxygen atoms in total. The molecule has 1 aliphatic heterocycles. The molecule has 0 aromatic carbocycles. The standard InChI is InChI=1S/C17H29N/c1-6-12(3)16-17(5,7-2)13(4)14-9-8-10-15(11-14)18-16/h12,14-15H,4,6-11H2,1-3,5H3. The summed E-state index contributed by atoms with van der Waals surface area (Å²) in [7, 11) is 0. The third-order valence-electron chi connectivity index (χ3n) is 5.52. The van der Waals surface area contributed by atoms with E-state index in [1.54, 1.807) is 0 Å². The zero-order valence-electron chi connectivity index (χ0n) is 12.6. The fraction of sp³-hybridized carbons (Fsp3) is 0.824. The smallest absolute Gasteiger partial charge is 0.0505 e. The van der Waals surface area contributed by atoms with Crippen LogP contribution in [0, 0.1) is 17.3 Å². The van der Waals surface area contributed by atoms with Crippen molar-refractivity contribution in [2.75, 3.05) is 0 Å². The molecule has 1 saturated carbocycles. The lowest BCUT2D eigenvalue weighted by atomic mass is 9.66. The van der Waals surface area contributed by atoms with Crippen LogP contribution in [0.15, 0.2) is 17.1 Å². The normalized spacial score (nSPS) is 38.0. The van der Waals surface area contributed by atoms with E-state index in [0.717, 1.165) is 12.3 Å². The molecule has 2 aliphatic rings. The lowest BCUT2D eigenvalue weighted by Gasteiger charge is -2.37. The van der Waals surface area contributed by atoms with Gasteiger partial charge in [-0.15, -0.1) is 0 Å². The predicted octanol–water partition coefficient (Wildman–Crippen LogP) is 5.02. The first-order valence-electron chi connectivity index (χ1n) is 7.80. The van der Waals surface area contributed by atoms with Crippen LogP contribution >= 0.6 is 0 Å². The molecule has 0 aromatic rings. The molecule has 1 aliphatic carbocycles. The molecule has 4 atom stereocenters. The van der Waals surface area contributed by atoms with Gasteiger partial charge in [-0.2, -0.15) is 0 Å². The number of hydrogen-bond acceptors (Lipinski definition) is 1. The number of fused-ring (bicyclic) bond motifs is 2. The van der Waals surface area contributed by atoms with Gasteiger partial charge in [0.2, 0.25) is 0 Å². The van der Waals surface area contributed by atoms with Crippen molar-refractivity contribution in [2.45, 2.75) is 72.3 Å². The first kappa shape index (κ1) is 13.8. The summed E-state index contributed by atoms with van der Waals surface area (Å²) in [6, 6.07) is 0.581. The number of aliphatic imine (C=N–C) groups is 1. The van der Waals surface area contributed by atoms with E-state index in [1.165, 1.54) is 43.4 Å².